The maximum Gasteiger partial charge on any atom is 0.0717 e. The van der Waals surface area contributed by atoms with Gasteiger partial charge in [0, 0.05) is 19.1 Å². The molecule has 2 nitrogen and oxygen atoms in total. The van der Waals surface area contributed by atoms with E-state index in [9.17, 15) is 0 Å². The molecule has 1 unspecified atom stereocenters. The molecule has 1 saturated heterocycles. The van der Waals surface area contributed by atoms with Crippen molar-refractivity contribution in [2.24, 2.45) is 5.92 Å². The van der Waals surface area contributed by atoms with E-state index in [1.807, 2.05) is 0 Å². The van der Waals surface area contributed by atoms with Gasteiger partial charge in [0.25, 0.3) is 0 Å². The third-order valence-electron chi connectivity index (χ3n) is 4.47. The first-order chi connectivity index (χ1) is 9.42. The van der Waals surface area contributed by atoms with Crippen LogP contribution in [0.5, 0.6) is 0 Å². The first-order valence-corrected chi connectivity index (χ1v) is 7.77. The summed E-state index contributed by atoms with van der Waals surface area (Å²) >= 11 is 0. The molecule has 104 valence electrons. The number of hydrogen-bond donors (Lipinski definition) is 0. The second kappa shape index (κ2) is 6.53. The summed E-state index contributed by atoms with van der Waals surface area (Å²) in [7, 11) is 0. The molecule has 0 bridgehead atoms. The predicted molar refractivity (Wildman–Crippen MR) is 78.0 cm³/mol. The van der Waals surface area contributed by atoms with Crippen LogP contribution in [0.2, 0.25) is 0 Å². The lowest BCUT2D eigenvalue weighted by molar-refractivity contribution is 0.112. The number of ether oxygens (including phenoxy) is 1. The Hall–Kier alpha value is -0.860. The van der Waals surface area contributed by atoms with Crippen molar-refractivity contribution in [1.29, 1.82) is 0 Å². The first-order valence-electron chi connectivity index (χ1n) is 7.77. The van der Waals surface area contributed by atoms with E-state index in [-0.39, 0.29) is 0 Å². The molecule has 1 aliphatic heterocycles. The monoisotopic (exact) mass is 259 g/mol. The Bertz CT molecular complexity index is 372. The smallest absolute Gasteiger partial charge is 0.0717 e. The Labute approximate surface area is 116 Å². The standard InChI is InChI=1S/C17H25NO/c1-3-7-15(8-4-1)11-18-12-17(18)14-19-13-16-9-5-2-6-10-16/h2,5-6,9-10,15,17H,1,3-4,7-8,11-14H2/t17-,18?/m0/s1. The Kier molecular flexibility index (Phi) is 4.52. The minimum atomic E-state index is 0.700. The lowest BCUT2D eigenvalue weighted by Crippen LogP contribution is -2.19. The van der Waals surface area contributed by atoms with Gasteiger partial charge < -0.3 is 4.74 Å². The fraction of sp³-hybridized carbons (Fsp3) is 0.647. The Morgan fingerprint density at radius 2 is 1.84 bits per heavy atom. The molecule has 2 fully saturated rings. The van der Waals surface area contributed by atoms with Crippen LogP contribution >= 0.6 is 0 Å². The SMILES string of the molecule is c1ccc(COC[C@@H]2CN2CC2CCCCC2)cc1. The van der Waals surface area contributed by atoms with Gasteiger partial charge in [-0.3, -0.25) is 4.90 Å². The van der Waals surface area contributed by atoms with Crippen LogP contribution in [0.15, 0.2) is 30.3 Å². The molecule has 0 aromatic heterocycles. The van der Waals surface area contributed by atoms with Gasteiger partial charge in [0.15, 0.2) is 0 Å². The lowest BCUT2D eigenvalue weighted by atomic mass is 9.89. The van der Waals surface area contributed by atoms with Gasteiger partial charge in [-0.1, -0.05) is 49.6 Å². The summed E-state index contributed by atoms with van der Waals surface area (Å²) in [5.74, 6) is 0.966. The third kappa shape index (κ3) is 4.05. The van der Waals surface area contributed by atoms with E-state index in [4.69, 9.17) is 4.74 Å². The van der Waals surface area contributed by atoms with Crippen molar-refractivity contribution in [2.45, 2.75) is 44.8 Å². The maximum atomic E-state index is 5.82. The molecule has 3 rings (SSSR count). The maximum absolute atomic E-state index is 5.82. The molecule has 1 aromatic rings. The average molecular weight is 259 g/mol. The van der Waals surface area contributed by atoms with Crippen LogP contribution in [0.25, 0.3) is 0 Å². The molecule has 2 heteroatoms. The minimum Gasteiger partial charge on any atom is -0.375 e. The summed E-state index contributed by atoms with van der Waals surface area (Å²) in [4.78, 5) is 2.60. The molecule has 1 heterocycles. The summed E-state index contributed by atoms with van der Waals surface area (Å²) in [6.45, 7) is 4.24. The van der Waals surface area contributed by atoms with E-state index in [1.54, 1.807) is 0 Å². The summed E-state index contributed by atoms with van der Waals surface area (Å²) in [6, 6.07) is 11.2. The highest BCUT2D eigenvalue weighted by Crippen LogP contribution is 2.28. The molecule has 1 aromatic carbocycles. The van der Waals surface area contributed by atoms with Crippen LogP contribution in [-0.4, -0.2) is 30.6 Å². The summed E-state index contributed by atoms with van der Waals surface area (Å²) in [5.41, 5.74) is 1.28. The number of nitrogens with zero attached hydrogens (tertiary/aromatic N) is 1. The van der Waals surface area contributed by atoms with Crippen molar-refractivity contribution in [3.63, 3.8) is 0 Å². The fourth-order valence-electron chi connectivity index (χ4n) is 3.19. The van der Waals surface area contributed by atoms with Gasteiger partial charge in [-0.15, -0.1) is 0 Å². The van der Waals surface area contributed by atoms with Gasteiger partial charge in [0.05, 0.1) is 13.2 Å². The molecule has 0 radical (unpaired) electrons. The lowest BCUT2D eigenvalue weighted by Gasteiger charge is -2.22. The van der Waals surface area contributed by atoms with E-state index in [2.05, 4.69) is 35.2 Å². The Balaban J connectivity index is 1.30. The van der Waals surface area contributed by atoms with E-state index < -0.39 is 0 Å². The topological polar surface area (TPSA) is 12.2 Å². The van der Waals surface area contributed by atoms with Gasteiger partial charge in [-0.05, 0) is 24.3 Å². The normalized spacial score (nSPS) is 27.4. The van der Waals surface area contributed by atoms with Crippen molar-refractivity contribution in [2.75, 3.05) is 19.7 Å². The number of hydrogen-bond acceptors (Lipinski definition) is 2. The first kappa shape index (κ1) is 13.1. The summed E-state index contributed by atoms with van der Waals surface area (Å²) < 4.78 is 5.82. The highest BCUT2D eigenvalue weighted by molar-refractivity contribution is 5.13. The van der Waals surface area contributed by atoms with Crippen LogP contribution in [0.4, 0.5) is 0 Å². The summed E-state index contributed by atoms with van der Waals surface area (Å²) in [5, 5.41) is 0. The molecular weight excluding hydrogens is 234 g/mol. The highest BCUT2D eigenvalue weighted by Gasteiger charge is 2.35. The Morgan fingerprint density at radius 1 is 1.05 bits per heavy atom. The van der Waals surface area contributed by atoms with Gasteiger partial charge in [-0.25, -0.2) is 0 Å². The zero-order valence-corrected chi connectivity index (χ0v) is 11.8. The van der Waals surface area contributed by atoms with Crippen molar-refractivity contribution in [3.8, 4) is 0 Å². The van der Waals surface area contributed by atoms with Crippen molar-refractivity contribution in [1.82, 2.24) is 4.90 Å². The van der Waals surface area contributed by atoms with Crippen LogP contribution in [0.1, 0.15) is 37.7 Å². The van der Waals surface area contributed by atoms with Crippen LogP contribution in [0, 0.1) is 5.92 Å². The van der Waals surface area contributed by atoms with Gasteiger partial charge >= 0.3 is 0 Å². The molecule has 0 spiro atoms. The van der Waals surface area contributed by atoms with E-state index in [0.29, 0.717) is 6.04 Å². The Morgan fingerprint density at radius 3 is 2.63 bits per heavy atom. The van der Waals surface area contributed by atoms with Gasteiger partial charge in [0.1, 0.15) is 0 Å². The van der Waals surface area contributed by atoms with E-state index in [0.717, 1.165) is 19.1 Å². The van der Waals surface area contributed by atoms with E-state index in [1.165, 1.54) is 50.8 Å². The zero-order chi connectivity index (χ0) is 12.9. The molecule has 0 amide bonds. The third-order valence-corrected chi connectivity index (χ3v) is 4.47. The molecule has 0 N–H and O–H groups in total. The molecule has 2 atom stereocenters. The summed E-state index contributed by atoms with van der Waals surface area (Å²) in [6.07, 6.45) is 7.27. The van der Waals surface area contributed by atoms with Crippen molar-refractivity contribution < 1.29 is 4.74 Å². The second-order valence-corrected chi connectivity index (χ2v) is 6.11. The van der Waals surface area contributed by atoms with Gasteiger partial charge in [0.2, 0.25) is 0 Å². The molecular formula is C17H25NO. The van der Waals surface area contributed by atoms with Crippen LogP contribution < -0.4 is 0 Å². The van der Waals surface area contributed by atoms with Gasteiger partial charge in [-0.2, -0.15) is 0 Å². The highest BCUT2D eigenvalue weighted by atomic mass is 16.5. The molecule has 19 heavy (non-hydrogen) atoms. The number of rotatable bonds is 6. The second-order valence-electron chi connectivity index (χ2n) is 6.11. The van der Waals surface area contributed by atoms with Crippen molar-refractivity contribution >= 4 is 0 Å². The van der Waals surface area contributed by atoms with Crippen LogP contribution in [-0.2, 0) is 11.3 Å². The van der Waals surface area contributed by atoms with Crippen molar-refractivity contribution in [3.05, 3.63) is 35.9 Å². The predicted octanol–water partition coefficient (Wildman–Crippen LogP) is 3.47. The molecule has 1 saturated carbocycles. The largest absolute Gasteiger partial charge is 0.375 e. The fourth-order valence-corrected chi connectivity index (χ4v) is 3.19. The molecule has 2 aliphatic rings. The average Bonchev–Trinajstić information content (AvgIpc) is 3.19. The quantitative estimate of drug-likeness (QED) is 0.725. The minimum absolute atomic E-state index is 0.700. The van der Waals surface area contributed by atoms with E-state index >= 15 is 0 Å². The van der Waals surface area contributed by atoms with Crippen LogP contribution in [0.3, 0.4) is 0 Å². The molecule has 1 aliphatic carbocycles. The zero-order valence-electron chi connectivity index (χ0n) is 11.8. The number of benzene rings is 1.